The fourth-order valence-electron chi connectivity index (χ4n) is 4.75. The molecule has 212 valence electrons. The van der Waals surface area contributed by atoms with E-state index in [4.69, 9.17) is 4.74 Å². The van der Waals surface area contributed by atoms with Crippen LogP contribution in [0.2, 0.25) is 0 Å². The second-order valence-corrected chi connectivity index (χ2v) is 10.00. The van der Waals surface area contributed by atoms with E-state index in [0.29, 0.717) is 53.7 Å². The number of alkyl halides is 4. The molecule has 0 radical (unpaired) electrons. The largest absolute Gasteiger partial charge is 0.477 e. The number of hydrogen-bond acceptors (Lipinski definition) is 7. The molecule has 0 spiro atoms. The molecule has 0 aliphatic carbocycles. The van der Waals surface area contributed by atoms with E-state index in [1.807, 2.05) is 0 Å². The molecule has 0 saturated heterocycles. The standard InChI is InChI=1S/C27H29F4N7O2/c1-15-9-18-10-21(33-15)20-13-32-37(3)25(20)40-8-4-5-17(12-28)14-38-23-7-6-19(34-16(2)27(29,30)31)11-22(23)35-26(38)36-24(18)39/h6-7,9-11,13,16-17,34H,4-5,8,12,14H2,1-3H3,(H,35,36,39). The minimum atomic E-state index is -4.42. The Kier molecular flexibility index (Phi) is 7.39. The van der Waals surface area contributed by atoms with Crippen molar-refractivity contribution in [2.24, 2.45) is 18.0 Å². The lowest BCUT2D eigenvalue weighted by Crippen LogP contribution is -2.36. The van der Waals surface area contributed by atoms with Crippen LogP contribution in [0.4, 0.5) is 34.6 Å². The number of carbonyl (C=O) groups is 1. The molecule has 40 heavy (non-hydrogen) atoms. The number of amides is 1. The number of rotatable bonds is 3. The summed E-state index contributed by atoms with van der Waals surface area (Å²) in [5.41, 5.74) is 3.27. The van der Waals surface area contributed by atoms with Crippen molar-refractivity contribution in [1.82, 2.24) is 14.8 Å². The minimum absolute atomic E-state index is 0.170. The number of aryl methyl sites for hydroxylation is 2. The van der Waals surface area contributed by atoms with E-state index in [1.54, 1.807) is 47.9 Å². The van der Waals surface area contributed by atoms with Gasteiger partial charge in [-0.25, -0.2) is 4.68 Å². The molecule has 13 heteroatoms. The first-order chi connectivity index (χ1) is 19.0. The summed E-state index contributed by atoms with van der Waals surface area (Å²) in [6.07, 6.45) is -1.76. The van der Waals surface area contributed by atoms with Gasteiger partial charge in [0, 0.05) is 36.5 Å². The van der Waals surface area contributed by atoms with E-state index in [2.05, 4.69) is 25.7 Å². The number of halogens is 4. The van der Waals surface area contributed by atoms with Gasteiger partial charge in [0.05, 0.1) is 42.1 Å². The van der Waals surface area contributed by atoms with Crippen LogP contribution in [0, 0.1) is 12.8 Å². The molecule has 3 aromatic rings. The maximum absolute atomic E-state index is 14.2. The number of nitrogens with zero attached hydrogens (tertiary/aromatic N) is 5. The highest BCUT2D eigenvalue weighted by Crippen LogP contribution is 2.37. The van der Waals surface area contributed by atoms with Crippen molar-refractivity contribution in [2.75, 3.05) is 35.4 Å². The summed E-state index contributed by atoms with van der Waals surface area (Å²) in [4.78, 5) is 24.0. The SMILES string of the molecule is Cc1cc2cc(n1)-c1cnn(C)c1OCCCC(CF)CN1/C(=N/C2=O)Nc2cc(NC(C)C(F)(F)F)ccc21. The Morgan fingerprint density at radius 2 is 2.05 bits per heavy atom. The molecule has 4 heterocycles. The van der Waals surface area contributed by atoms with Crippen molar-refractivity contribution in [2.45, 2.75) is 38.9 Å². The second kappa shape index (κ2) is 10.8. The summed E-state index contributed by atoms with van der Waals surface area (Å²) in [5.74, 6) is -0.312. The molecular formula is C27H29F4N7O2. The Morgan fingerprint density at radius 3 is 2.80 bits per heavy atom. The summed E-state index contributed by atoms with van der Waals surface area (Å²) in [7, 11) is 1.74. The Hall–Kier alpha value is -4.16. The van der Waals surface area contributed by atoms with Crippen molar-refractivity contribution >= 4 is 28.9 Å². The summed E-state index contributed by atoms with van der Waals surface area (Å²) in [5, 5.41) is 9.77. The summed E-state index contributed by atoms with van der Waals surface area (Å²) in [6, 6.07) is 6.13. The van der Waals surface area contributed by atoms with Crippen molar-refractivity contribution in [3.63, 3.8) is 0 Å². The van der Waals surface area contributed by atoms with Crippen molar-refractivity contribution in [1.29, 1.82) is 0 Å². The van der Waals surface area contributed by atoms with Crippen LogP contribution in [0.5, 0.6) is 5.88 Å². The van der Waals surface area contributed by atoms with Crippen molar-refractivity contribution in [3.8, 4) is 17.1 Å². The molecule has 0 saturated carbocycles. The zero-order valence-corrected chi connectivity index (χ0v) is 22.2. The number of guanidine groups is 1. The van der Waals surface area contributed by atoms with Gasteiger partial charge >= 0.3 is 6.18 Å². The van der Waals surface area contributed by atoms with Crippen LogP contribution >= 0.6 is 0 Å². The first kappa shape index (κ1) is 27.4. The van der Waals surface area contributed by atoms with Crippen molar-refractivity contribution < 1.29 is 27.1 Å². The topological polar surface area (TPSA) is 96.7 Å². The zero-order chi connectivity index (χ0) is 28.6. The van der Waals surface area contributed by atoms with E-state index in [1.165, 1.54) is 12.1 Å². The average molecular weight is 560 g/mol. The fourth-order valence-corrected chi connectivity index (χ4v) is 4.75. The van der Waals surface area contributed by atoms with Gasteiger partial charge in [0.1, 0.15) is 6.04 Å². The number of carbonyl (C=O) groups excluding carboxylic acids is 1. The first-order valence-corrected chi connectivity index (χ1v) is 12.9. The van der Waals surface area contributed by atoms with Crippen molar-refractivity contribution in [3.05, 3.63) is 47.8 Å². The molecule has 2 aliphatic heterocycles. The Bertz CT molecular complexity index is 1450. The fraction of sp³-hybridized carbons (Fsp3) is 0.407. The monoisotopic (exact) mass is 559 g/mol. The minimum Gasteiger partial charge on any atom is -0.477 e. The third kappa shape index (κ3) is 5.58. The lowest BCUT2D eigenvalue weighted by molar-refractivity contribution is -0.138. The quantitative estimate of drug-likeness (QED) is 0.418. The predicted molar refractivity (Wildman–Crippen MR) is 144 cm³/mol. The number of ether oxygens (including phenoxy) is 1. The van der Waals surface area contributed by atoms with Crippen LogP contribution in [0.1, 0.15) is 35.8 Å². The van der Waals surface area contributed by atoms with Crippen LogP contribution in [0.15, 0.2) is 41.5 Å². The summed E-state index contributed by atoms with van der Waals surface area (Å²) < 4.78 is 61.0. The van der Waals surface area contributed by atoms with E-state index in [-0.39, 0.29) is 23.8 Å². The zero-order valence-electron chi connectivity index (χ0n) is 22.2. The number of benzene rings is 1. The highest BCUT2D eigenvalue weighted by atomic mass is 19.4. The van der Waals surface area contributed by atoms with E-state index >= 15 is 0 Å². The first-order valence-electron chi connectivity index (χ1n) is 12.9. The predicted octanol–water partition coefficient (Wildman–Crippen LogP) is 5.34. The number of pyridine rings is 1. The van der Waals surface area contributed by atoms with Gasteiger partial charge < -0.3 is 20.3 Å². The lowest BCUT2D eigenvalue weighted by Gasteiger charge is -2.24. The van der Waals surface area contributed by atoms with E-state index in [9.17, 15) is 22.4 Å². The highest BCUT2D eigenvalue weighted by Gasteiger charge is 2.36. The molecule has 2 aromatic heterocycles. The van der Waals surface area contributed by atoms with Gasteiger partial charge in [-0.2, -0.15) is 23.3 Å². The van der Waals surface area contributed by atoms with Crippen LogP contribution in [-0.4, -0.2) is 58.7 Å². The van der Waals surface area contributed by atoms with Crippen LogP contribution < -0.4 is 20.3 Å². The Balaban J connectivity index is 1.54. The molecule has 5 rings (SSSR count). The number of nitrogens with one attached hydrogen (secondary N) is 2. The molecule has 2 aliphatic rings. The molecule has 2 bridgehead atoms. The molecule has 2 N–H and O–H groups in total. The second-order valence-electron chi connectivity index (χ2n) is 10.00. The van der Waals surface area contributed by atoms with Crippen LogP contribution in [0.3, 0.4) is 0 Å². The van der Waals surface area contributed by atoms with Gasteiger partial charge in [-0.05, 0) is 57.0 Å². The molecule has 2 atom stereocenters. The van der Waals surface area contributed by atoms with Gasteiger partial charge in [0.25, 0.3) is 5.91 Å². The molecular weight excluding hydrogens is 530 g/mol. The Morgan fingerprint density at radius 1 is 1.25 bits per heavy atom. The molecule has 0 fully saturated rings. The lowest BCUT2D eigenvalue weighted by atomic mass is 10.0. The van der Waals surface area contributed by atoms with Gasteiger partial charge in [-0.3, -0.25) is 14.2 Å². The summed E-state index contributed by atoms with van der Waals surface area (Å²) in [6.45, 7) is 2.70. The maximum atomic E-state index is 14.2. The van der Waals surface area contributed by atoms with E-state index in [0.717, 1.165) is 6.92 Å². The maximum Gasteiger partial charge on any atom is 0.408 e. The van der Waals surface area contributed by atoms with E-state index < -0.39 is 30.7 Å². The van der Waals surface area contributed by atoms with Gasteiger partial charge in [-0.15, -0.1) is 0 Å². The smallest absolute Gasteiger partial charge is 0.408 e. The van der Waals surface area contributed by atoms with Crippen LogP contribution in [-0.2, 0) is 7.05 Å². The number of aromatic nitrogens is 3. The van der Waals surface area contributed by atoms with Gasteiger partial charge in [-0.1, -0.05) is 0 Å². The summed E-state index contributed by atoms with van der Waals surface area (Å²) >= 11 is 0. The normalized spacial score (nSPS) is 19.6. The van der Waals surface area contributed by atoms with Gasteiger partial charge in [0.2, 0.25) is 11.8 Å². The number of hydrogen-bond donors (Lipinski definition) is 2. The molecule has 1 amide bonds. The van der Waals surface area contributed by atoms with Crippen LogP contribution in [0.25, 0.3) is 11.3 Å². The third-order valence-electron chi connectivity index (χ3n) is 6.89. The molecule has 1 aromatic carbocycles. The molecule has 9 nitrogen and oxygen atoms in total. The highest BCUT2D eigenvalue weighted by molar-refractivity contribution is 6.19. The molecule has 2 unspecified atom stereocenters. The van der Waals surface area contributed by atoms with Gasteiger partial charge in [0.15, 0.2) is 0 Å². The number of anilines is 3. The number of aliphatic imine (C=N–C) groups is 1. The third-order valence-corrected chi connectivity index (χ3v) is 6.89. The average Bonchev–Trinajstić information content (AvgIpc) is 3.43. The Labute approximate surface area is 228 Å². The number of fused-ring (bicyclic) bond motifs is 7.